The molecule has 5 heteroatoms. The first-order chi connectivity index (χ1) is 8.11. The number of halogens is 2. The average molecular weight is 306 g/mol. The maximum atomic E-state index is 13.9. The van der Waals surface area contributed by atoms with E-state index in [4.69, 9.17) is 15.2 Å². The Hall–Kier alpha value is -0.490. The van der Waals surface area contributed by atoms with Gasteiger partial charge in [0.05, 0.1) is 10.5 Å². The first-order valence-corrected chi connectivity index (χ1v) is 6.33. The van der Waals surface area contributed by atoms with Crippen molar-refractivity contribution in [3.63, 3.8) is 0 Å². The zero-order valence-electron chi connectivity index (χ0n) is 9.95. The van der Waals surface area contributed by atoms with Gasteiger partial charge in [0.25, 0.3) is 0 Å². The summed E-state index contributed by atoms with van der Waals surface area (Å²) in [7, 11) is 0. The number of ether oxygens (including phenoxy) is 2. The Morgan fingerprint density at radius 3 is 2.41 bits per heavy atom. The van der Waals surface area contributed by atoms with Crippen LogP contribution in [-0.4, -0.2) is 19.5 Å². The van der Waals surface area contributed by atoms with Gasteiger partial charge in [0.1, 0.15) is 5.82 Å². The van der Waals surface area contributed by atoms with E-state index in [9.17, 15) is 4.39 Å². The van der Waals surface area contributed by atoms with Crippen molar-refractivity contribution < 1.29 is 13.9 Å². The Balaban J connectivity index is 2.92. The largest absolute Gasteiger partial charge is 0.351 e. The maximum Gasteiger partial charge on any atom is 0.176 e. The van der Waals surface area contributed by atoms with Gasteiger partial charge in [-0.05, 0) is 35.8 Å². The number of rotatable bonds is 6. The highest BCUT2D eigenvalue weighted by Crippen LogP contribution is 2.25. The Bertz CT molecular complexity index is 356. The zero-order valence-corrected chi connectivity index (χ0v) is 11.5. The summed E-state index contributed by atoms with van der Waals surface area (Å²) in [5, 5.41) is 0. The summed E-state index contributed by atoms with van der Waals surface area (Å²) in [5.74, 6) is -0.371. The van der Waals surface area contributed by atoms with Crippen LogP contribution in [0.5, 0.6) is 0 Å². The van der Waals surface area contributed by atoms with Crippen LogP contribution in [-0.2, 0) is 9.47 Å². The monoisotopic (exact) mass is 305 g/mol. The quantitative estimate of drug-likeness (QED) is 0.822. The van der Waals surface area contributed by atoms with Crippen molar-refractivity contribution >= 4 is 15.9 Å². The second-order valence-electron chi connectivity index (χ2n) is 3.45. The summed E-state index contributed by atoms with van der Waals surface area (Å²) < 4.78 is 25.0. The predicted molar refractivity (Wildman–Crippen MR) is 68.1 cm³/mol. The van der Waals surface area contributed by atoms with E-state index < -0.39 is 12.3 Å². The summed E-state index contributed by atoms with van der Waals surface area (Å²) >= 11 is 3.13. The van der Waals surface area contributed by atoms with Gasteiger partial charge in [-0.25, -0.2) is 4.39 Å². The molecule has 0 aliphatic rings. The lowest BCUT2D eigenvalue weighted by Gasteiger charge is -2.24. The molecule has 0 saturated heterocycles. The Labute approximate surface area is 109 Å². The van der Waals surface area contributed by atoms with Crippen LogP contribution in [0.15, 0.2) is 22.7 Å². The van der Waals surface area contributed by atoms with Crippen molar-refractivity contribution in [2.75, 3.05) is 13.2 Å². The van der Waals surface area contributed by atoms with E-state index in [-0.39, 0.29) is 5.82 Å². The lowest BCUT2D eigenvalue weighted by atomic mass is 10.1. The van der Waals surface area contributed by atoms with Gasteiger partial charge in [-0.1, -0.05) is 12.1 Å². The molecule has 0 radical (unpaired) electrons. The van der Waals surface area contributed by atoms with Crippen molar-refractivity contribution in [2.45, 2.75) is 26.2 Å². The molecule has 17 heavy (non-hydrogen) atoms. The lowest BCUT2D eigenvalue weighted by Crippen LogP contribution is -2.32. The molecular formula is C12H17BrFNO2. The molecule has 1 aromatic rings. The third-order valence-corrected chi connectivity index (χ3v) is 2.91. The molecule has 0 saturated carbocycles. The second-order valence-corrected chi connectivity index (χ2v) is 4.30. The van der Waals surface area contributed by atoms with E-state index in [0.717, 1.165) is 0 Å². The molecule has 0 aliphatic heterocycles. The number of benzene rings is 1. The molecule has 0 heterocycles. The molecule has 0 aromatic heterocycles. The predicted octanol–water partition coefficient (Wildman–Crippen LogP) is 2.99. The summed E-state index contributed by atoms with van der Waals surface area (Å²) in [6.07, 6.45) is -0.631. The Kier molecular flexibility index (Phi) is 6.05. The first-order valence-electron chi connectivity index (χ1n) is 5.54. The Morgan fingerprint density at radius 2 is 1.88 bits per heavy atom. The maximum absolute atomic E-state index is 13.9. The minimum Gasteiger partial charge on any atom is -0.351 e. The van der Waals surface area contributed by atoms with E-state index in [2.05, 4.69) is 15.9 Å². The fourth-order valence-electron chi connectivity index (χ4n) is 1.51. The van der Waals surface area contributed by atoms with Crippen molar-refractivity contribution in [2.24, 2.45) is 5.73 Å². The van der Waals surface area contributed by atoms with Crippen LogP contribution in [0, 0.1) is 5.82 Å². The summed E-state index contributed by atoms with van der Waals surface area (Å²) in [4.78, 5) is 0. The molecule has 0 fully saturated rings. The lowest BCUT2D eigenvalue weighted by molar-refractivity contribution is -0.149. The Morgan fingerprint density at radius 1 is 1.29 bits per heavy atom. The third kappa shape index (κ3) is 3.74. The molecule has 1 aromatic carbocycles. The van der Waals surface area contributed by atoms with E-state index in [1.807, 2.05) is 13.8 Å². The van der Waals surface area contributed by atoms with Crippen molar-refractivity contribution in [1.29, 1.82) is 0 Å². The SMILES string of the molecule is CCOC(OCC)C(N)c1cccc(Br)c1F. The molecule has 0 bridgehead atoms. The fraction of sp³-hybridized carbons (Fsp3) is 0.500. The van der Waals surface area contributed by atoms with Gasteiger partial charge in [-0.3, -0.25) is 0 Å². The molecule has 0 spiro atoms. The van der Waals surface area contributed by atoms with Gasteiger partial charge in [-0.2, -0.15) is 0 Å². The van der Waals surface area contributed by atoms with Crippen molar-refractivity contribution in [3.8, 4) is 0 Å². The van der Waals surface area contributed by atoms with Crippen LogP contribution in [0.25, 0.3) is 0 Å². The highest BCUT2D eigenvalue weighted by molar-refractivity contribution is 9.10. The second kappa shape index (κ2) is 7.06. The number of hydrogen-bond donors (Lipinski definition) is 1. The van der Waals surface area contributed by atoms with E-state index in [0.29, 0.717) is 23.2 Å². The molecule has 96 valence electrons. The summed E-state index contributed by atoms with van der Waals surface area (Å²) in [6, 6.07) is 4.35. The van der Waals surface area contributed by atoms with Gasteiger partial charge in [0, 0.05) is 18.8 Å². The molecule has 1 unspecified atom stereocenters. The zero-order chi connectivity index (χ0) is 12.8. The normalized spacial score (nSPS) is 13.1. The van der Waals surface area contributed by atoms with Crippen molar-refractivity contribution in [1.82, 2.24) is 0 Å². The van der Waals surface area contributed by atoms with Gasteiger partial charge in [-0.15, -0.1) is 0 Å². The molecule has 3 nitrogen and oxygen atoms in total. The molecule has 0 amide bonds. The average Bonchev–Trinajstić information content (AvgIpc) is 2.31. The van der Waals surface area contributed by atoms with Crippen LogP contribution in [0.2, 0.25) is 0 Å². The summed E-state index contributed by atoms with van der Waals surface area (Å²) in [5.41, 5.74) is 6.35. The molecule has 2 N–H and O–H groups in total. The highest BCUT2D eigenvalue weighted by Gasteiger charge is 2.23. The van der Waals surface area contributed by atoms with Gasteiger partial charge < -0.3 is 15.2 Å². The van der Waals surface area contributed by atoms with Gasteiger partial charge in [0.15, 0.2) is 6.29 Å². The van der Waals surface area contributed by atoms with Crippen molar-refractivity contribution in [3.05, 3.63) is 34.1 Å². The van der Waals surface area contributed by atoms with Gasteiger partial charge in [0.2, 0.25) is 0 Å². The van der Waals surface area contributed by atoms with Crippen LogP contribution in [0.1, 0.15) is 25.5 Å². The molecule has 1 atom stereocenters. The smallest absolute Gasteiger partial charge is 0.176 e. The number of nitrogens with two attached hydrogens (primary N) is 1. The fourth-order valence-corrected chi connectivity index (χ4v) is 1.89. The minimum atomic E-state index is -0.646. The summed E-state index contributed by atoms with van der Waals surface area (Å²) in [6.45, 7) is 4.62. The third-order valence-electron chi connectivity index (χ3n) is 2.30. The highest BCUT2D eigenvalue weighted by atomic mass is 79.9. The molecular weight excluding hydrogens is 289 g/mol. The topological polar surface area (TPSA) is 44.5 Å². The van der Waals surface area contributed by atoms with Gasteiger partial charge >= 0.3 is 0 Å². The van der Waals surface area contributed by atoms with E-state index in [1.54, 1.807) is 18.2 Å². The van der Waals surface area contributed by atoms with Crippen LogP contribution >= 0.6 is 15.9 Å². The van der Waals surface area contributed by atoms with E-state index in [1.165, 1.54) is 0 Å². The number of hydrogen-bond acceptors (Lipinski definition) is 3. The standard InChI is InChI=1S/C12H17BrFNO2/c1-3-16-12(17-4-2)11(15)8-6-5-7-9(13)10(8)14/h5-7,11-12H,3-4,15H2,1-2H3. The molecule has 1 rings (SSSR count). The minimum absolute atomic E-state index is 0.371. The van der Waals surface area contributed by atoms with Crippen LogP contribution in [0.4, 0.5) is 4.39 Å². The molecule has 0 aliphatic carbocycles. The van der Waals surface area contributed by atoms with E-state index >= 15 is 0 Å². The van der Waals surface area contributed by atoms with Crippen LogP contribution < -0.4 is 5.73 Å². The first kappa shape index (κ1) is 14.6. The van der Waals surface area contributed by atoms with Crippen LogP contribution in [0.3, 0.4) is 0 Å².